The average Bonchev–Trinajstić information content (AvgIpc) is 3.45. The predicted molar refractivity (Wildman–Crippen MR) is 230 cm³/mol. The molecule has 1 heterocycles. The normalized spacial score (nSPS) is 19.2. The van der Waals surface area contributed by atoms with Crippen LogP contribution in [0.2, 0.25) is 0 Å². The van der Waals surface area contributed by atoms with Crippen molar-refractivity contribution < 1.29 is 0 Å². The smallest absolute Gasteiger partial charge is 0.0338 e. The van der Waals surface area contributed by atoms with Crippen LogP contribution in [0.4, 0.5) is 0 Å². The molecule has 0 saturated heterocycles. The van der Waals surface area contributed by atoms with Crippen molar-refractivity contribution in [1.29, 1.82) is 0 Å². The minimum absolute atomic E-state index is 0.991. The lowest BCUT2D eigenvalue weighted by Gasteiger charge is -2.44. The van der Waals surface area contributed by atoms with E-state index < -0.39 is 0 Å². The van der Waals surface area contributed by atoms with Gasteiger partial charge in [0.25, 0.3) is 0 Å². The Balaban J connectivity index is 1.84. The molecule has 292 valence electrons. The van der Waals surface area contributed by atoms with Crippen molar-refractivity contribution in [2.24, 2.45) is 23.7 Å². The van der Waals surface area contributed by atoms with Gasteiger partial charge in [-0.25, -0.2) is 0 Å². The quantitative estimate of drug-likeness (QED) is 0.0559. The van der Waals surface area contributed by atoms with Crippen LogP contribution in [0.3, 0.4) is 0 Å². The maximum atomic E-state index is 4.16. The second-order valence-corrected chi connectivity index (χ2v) is 16.5. The Kier molecular flexibility index (Phi) is 27.0. The molecule has 1 aromatic rings. The van der Waals surface area contributed by atoms with Crippen LogP contribution in [-0.2, 0) is 6.54 Å². The number of unbranched alkanes of at least 4 members (excludes halogenated alkanes) is 19. The molecule has 2 heteroatoms. The van der Waals surface area contributed by atoms with Gasteiger partial charge in [-0.15, -0.1) is 0 Å². The molecule has 2 rings (SSSR count). The SMILES string of the molecule is C=C/C=C\C(=C)NCCCCCCCCC1CCC(CCCCCC)C(CCCCCCCC)C1CCCCCCCCCn1c(=C)ccc1=C. The van der Waals surface area contributed by atoms with E-state index >= 15 is 0 Å². The van der Waals surface area contributed by atoms with Crippen LogP contribution >= 0.6 is 0 Å². The third-order valence-electron chi connectivity index (χ3n) is 12.4. The molecule has 1 N–H and O–H groups in total. The molecule has 1 aromatic heterocycles. The van der Waals surface area contributed by atoms with Crippen molar-refractivity contribution >= 4 is 13.2 Å². The van der Waals surface area contributed by atoms with Gasteiger partial charge in [0.2, 0.25) is 0 Å². The van der Waals surface area contributed by atoms with Crippen molar-refractivity contribution in [3.8, 4) is 0 Å². The largest absolute Gasteiger partial charge is 0.386 e. The fourth-order valence-electron chi connectivity index (χ4n) is 9.27. The van der Waals surface area contributed by atoms with Gasteiger partial charge in [-0.05, 0) is 80.4 Å². The summed E-state index contributed by atoms with van der Waals surface area (Å²) in [7, 11) is 0. The van der Waals surface area contributed by atoms with Crippen LogP contribution in [-0.4, -0.2) is 11.1 Å². The maximum Gasteiger partial charge on any atom is 0.0338 e. The van der Waals surface area contributed by atoms with E-state index in [1.165, 1.54) is 186 Å². The molecule has 0 bridgehead atoms. The molecular weight excluding hydrogens is 617 g/mol. The summed E-state index contributed by atoms with van der Waals surface area (Å²) < 4.78 is 2.28. The van der Waals surface area contributed by atoms with E-state index in [1.807, 2.05) is 12.2 Å². The number of rotatable bonds is 34. The first kappa shape index (κ1) is 45.2. The molecule has 51 heavy (non-hydrogen) atoms. The highest BCUT2D eigenvalue weighted by Gasteiger charge is 2.37. The second kappa shape index (κ2) is 30.5. The summed E-state index contributed by atoms with van der Waals surface area (Å²) in [6, 6.07) is 4.19. The highest BCUT2D eigenvalue weighted by atomic mass is 14.9. The lowest BCUT2D eigenvalue weighted by Crippen LogP contribution is -2.35. The summed E-state index contributed by atoms with van der Waals surface area (Å²) in [4.78, 5) is 0. The van der Waals surface area contributed by atoms with Gasteiger partial charge in [-0.1, -0.05) is 200 Å². The van der Waals surface area contributed by atoms with E-state index in [2.05, 4.69) is 62.2 Å². The molecule has 0 aliphatic heterocycles. The average molecular weight is 703 g/mol. The number of aromatic nitrogens is 1. The van der Waals surface area contributed by atoms with Crippen molar-refractivity contribution in [2.75, 3.05) is 6.54 Å². The van der Waals surface area contributed by atoms with Crippen molar-refractivity contribution in [3.63, 3.8) is 0 Å². The molecule has 1 aliphatic carbocycles. The Hall–Kier alpha value is -1.96. The van der Waals surface area contributed by atoms with Gasteiger partial charge >= 0.3 is 0 Å². The summed E-state index contributed by atoms with van der Waals surface area (Å²) in [5.74, 6) is 4.00. The minimum Gasteiger partial charge on any atom is -0.386 e. The van der Waals surface area contributed by atoms with Gasteiger partial charge in [0.1, 0.15) is 0 Å². The first-order chi connectivity index (χ1) is 25.0. The zero-order chi connectivity index (χ0) is 36.8. The first-order valence-electron chi connectivity index (χ1n) is 22.6. The molecule has 0 amide bonds. The summed E-state index contributed by atoms with van der Waals surface area (Å²) in [5, 5.41) is 5.65. The number of nitrogens with one attached hydrogen (secondary N) is 1. The zero-order valence-electron chi connectivity index (χ0n) is 34.4. The molecule has 1 aliphatic rings. The monoisotopic (exact) mass is 703 g/mol. The minimum atomic E-state index is 0.991. The number of hydrogen-bond acceptors (Lipinski definition) is 1. The number of hydrogen-bond donors (Lipinski definition) is 1. The van der Waals surface area contributed by atoms with Gasteiger partial charge in [-0.2, -0.15) is 0 Å². The van der Waals surface area contributed by atoms with Gasteiger partial charge in [-0.3, -0.25) is 0 Å². The lowest BCUT2D eigenvalue weighted by atomic mass is 9.61. The maximum absolute atomic E-state index is 4.16. The van der Waals surface area contributed by atoms with Crippen LogP contribution in [0.5, 0.6) is 0 Å². The molecule has 2 nitrogen and oxygen atoms in total. The Labute approximate surface area is 318 Å². The standard InChI is InChI=1S/C49H86N2/c1-7-10-13-15-22-28-35-48-46(33-26-14-11-8-2)39-40-47(34-27-21-18-19-24-30-41-50-43(4)32-12-9-3)49(48)36-29-23-17-16-20-25-31-42-51-44(5)37-38-45(51)6/h9,12,32,37-38,46-50H,3-8,10-11,13-31,33-36,39-42H2,1-2H3/b32-12-. The van der Waals surface area contributed by atoms with Crippen LogP contribution in [0.1, 0.15) is 200 Å². The Morgan fingerprint density at radius 3 is 1.51 bits per heavy atom. The molecule has 0 spiro atoms. The lowest BCUT2D eigenvalue weighted by molar-refractivity contribution is 0.0581. The second-order valence-electron chi connectivity index (χ2n) is 16.5. The van der Waals surface area contributed by atoms with E-state index in [-0.39, 0.29) is 0 Å². The van der Waals surface area contributed by atoms with E-state index in [0.717, 1.165) is 53.2 Å². The molecule has 4 unspecified atom stereocenters. The summed E-state index contributed by atoms with van der Waals surface area (Å²) in [6.45, 7) is 23.0. The summed E-state index contributed by atoms with van der Waals surface area (Å²) in [5.41, 5.74) is 0.996. The Morgan fingerprint density at radius 1 is 0.608 bits per heavy atom. The zero-order valence-corrected chi connectivity index (χ0v) is 34.4. The summed E-state index contributed by atoms with van der Waals surface area (Å²) >= 11 is 0. The van der Waals surface area contributed by atoms with Gasteiger partial charge < -0.3 is 9.88 Å². The molecule has 0 radical (unpaired) electrons. The van der Waals surface area contributed by atoms with E-state index in [0.29, 0.717) is 0 Å². The Morgan fingerprint density at radius 2 is 1.02 bits per heavy atom. The Bertz CT molecular complexity index is 1080. The molecular formula is C49H86N2. The number of nitrogens with zero attached hydrogens (tertiary/aromatic N) is 1. The summed E-state index contributed by atoms with van der Waals surface area (Å²) in [6.07, 6.45) is 47.3. The van der Waals surface area contributed by atoms with Crippen LogP contribution in [0.25, 0.3) is 13.2 Å². The van der Waals surface area contributed by atoms with Crippen molar-refractivity contribution in [3.05, 3.63) is 59.9 Å². The van der Waals surface area contributed by atoms with Crippen molar-refractivity contribution in [1.82, 2.24) is 9.88 Å². The van der Waals surface area contributed by atoms with Gasteiger partial charge in [0.15, 0.2) is 0 Å². The fraction of sp³-hybridized carbons (Fsp3) is 0.755. The van der Waals surface area contributed by atoms with E-state index in [9.17, 15) is 0 Å². The van der Waals surface area contributed by atoms with E-state index in [1.54, 1.807) is 6.08 Å². The van der Waals surface area contributed by atoms with Crippen LogP contribution in [0, 0.1) is 23.7 Å². The van der Waals surface area contributed by atoms with Crippen molar-refractivity contribution in [2.45, 2.75) is 207 Å². The number of allylic oxidation sites excluding steroid dienone is 3. The molecule has 4 atom stereocenters. The highest BCUT2D eigenvalue weighted by molar-refractivity contribution is 5.16. The topological polar surface area (TPSA) is 17.0 Å². The third kappa shape index (κ3) is 20.8. The van der Waals surface area contributed by atoms with Crippen LogP contribution < -0.4 is 16.0 Å². The molecule has 0 aromatic carbocycles. The molecule has 1 fully saturated rings. The van der Waals surface area contributed by atoms with Gasteiger partial charge in [0, 0.05) is 29.5 Å². The highest BCUT2D eigenvalue weighted by Crippen LogP contribution is 2.47. The van der Waals surface area contributed by atoms with Gasteiger partial charge in [0.05, 0.1) is 0 Å². The molecule has 1 saturated carbocycles. The fourth-order valence-corrected chi connectivity index (χ4v) is 9.27. The van der Waals surface area contributed by atoms with E-state index in [4.69, 9.17) is 0 Å². The predicted octanol–water partition coefficient (Wildman–Crippen LogP) is 14.0. The first-order valence-corrected chi connectivity index (χ1v) is 22.6. The van der Waals surface area contributed by atoms with Crippen LogP contribution in [0.15, 0.2) is 49.2 Å². The third-order valence-corrected chi connectivity index (χ3v) is 12.4.